The van der Waals surface area contributed by atoms with Gasteiger partial charge in [0.2, 0.25) is 0 Å². The number of imide groups is 1. The molecular formula is C17H23FN2O4. The molecule has 1 saturated heterocycles. The molecule has 0 aromatic heterocycles. The molecule has 0 aliphatic carbocycles. The van der Waals surface area contributed by atoms with Crippen LogP contribution in [0, 0.1) is 11.7 Å². The zero-order valence-electron chi connectivity index (χ0n) is 14.1. The van der Waals surface area contributed by atoms with Gasteiger partial charge in [0.1, 0.15) is 29.8 Å². The number of urea groups is 1. The highest BCUT2D eigenvalue weighted by molar-refractivity contribution is 6.06. The molecular weight excluding hydrogens is 315 g/mol. The average Bonchev–Trinajstić information content (AvgIpc) is 2.69. The van der Waals surface area contributed by atoms with Crippen molar-refractivity contribution in [3.8, 4) is 5.75 Å². The van der Waals surface area contributed by atoms with Crippen molar-refractivity contribution in [1.29, 1.82) is 0 Å². The third-order valence-electron chi connectivity index (χ3n) is 3.81. The molecule has 132 valence electrons. The summed E-state index contributed by atoms with van der Waals surface area (Å²) in [5.41, 5.74) is -0.942. The van der Waals surface area contributed by atoms with Crippen molar-refractivity contribution in [3.63, 3.8) is 0 Å². The number of hydrogen-bond acceptors (Lipinski definition) is 4. The van der Waals surface area contributed by atoms with Crippen LogP contribution in [0.3, 0.4) is 0 Å². The topological polar surface area (TPSA) is 78.9 Å². The number of benzene rings is 1. The molecule has 24 heavy (non-hydrogen) atoms. The molecule has 2 atom stereocenters. The molecule has 2 rings (SSSR count). The van der Waals surface area contributed by atoms with Crippen LogP contribution in [-0.2, 0) is 4.79 Å². The molecule has 1 aromatic rings. The smallest absolute Gasteiger partial charge is 0.325 e. The molecule has 0 bridgehead atoms. The Morgan fingerprint density at radius 2 is 1.92 bits per heavy atom. The average molecular weight is 338 g/mol. The van der Waals surface area contributed by atoms with Gasteiger partial charge in [-0.2, -0.15) is 0 Å². The number of hydrogen-bond donors (Lipinski definition) is 2. The Morgan fingerprint density at radius 3 is 2.50 bits per heavy atom. The van der Waals surface area contributed by atoms with E-state index in [0.717, 1.165) is 4.90 Å². The summed E-state index contributed by atoms with van der Waals surface area (Å²) >= 11 is 0. The molecule has 0 spiro atoms. The zero-order valence-corrected chi connectivity index (χ0v) is 14.1. The fourth-order valence-electron chi connectivity index (χ4n) is 2.85. The molecule has 1 fully saturated rings. The van der Waals surface area contributed by atoms with Crippen LogP contribution < -0.4 is 10.1 Å². The molecule has 1 aliphatic rings. The fourth-order valence-corrected chi connectivity index (χ4v) is 2.85. The highest BCUT2D eigenvalue weighted by atomic mass is 19.1. The number of carbonyl (C=O) groups is 2. The lowest BCUT2D eigenvalue weighted by Crippen LogP contribution is -2.45. The number of aliphatic hydroxyl groups excluding tert-OH is 1. The minimum atomic E-state index is -1.04. The summed E-state index contributed by atoms with van der Waals surface area (Å²) in [5, 5.41) is 12.7. The Morgan fingerprint density at radius 1 is 1.29 bits per heavy atom. The Labute approximate surface area is 140 Å². The van der Waals surface area contributed by atoms with Crippen LogP contribution in [0.4, 0.5) is 9.18 Å². The Balaban J connectivity index is 1.91. The van der Waals surface area contributed by atoms with Gasteiger partial charge in [0.05, 0.1) is 6.54 Å². The molecule has 1 aliphatic heterocycles. The Kier molecular flexibility index (Phi) is 5.43. The van der Waals surface area contributed by atoms with E-state index in [1.165, 1.54) is 24.3 Å². The van der Waals surface area contributed by atoms with E-state index in [1.807, 2.05) is 13.8 Å². The molecule has 7 heteroatoms. The second kappa shape index (κ2) is 7.17. The van der Waals surface area contributed by atoms with E-state index < -0.39 is 17.7 Å². The lowest BCUT2D eigenvalue weighted by Gasteiger charge is -2.24. The molecule has 3 amide bonds. The third-order valence-corrected chi connectivity index (χ3v) is 3.81. The van der Waals surface area contributed by atoms with Gasteiger partial charge in [-0.05, 0) is 43.5 Å². The number of halogens is 1. The Bertz CT molecular complexity index is 605. The lowest BCUT2D eigenvalue weighted by atomic mass is 9.91. The first-order chi connectivity index (χ1) is 11.2. The normalized spacial score (nSPS) is 22.0. The van der Waals surface area contributed by atoms with E-state index in [1.54, 1.807) is 6.92 Å². The molecule has 0 saturated carbocycles. The van der Waals surface area contributed by atoms with E-state index >= 15 is 0 Å². The van der Waals surface area contributed by atoms with E-state index in [-0.39, 0.29) is 30.8 Å². The van der Waals surface area contributed by atoms with Crippen LogP contribution in [0.2, 0.25) is 0 Å². The molecule has 1 heterocycles. The largest absolute Gasteiger partial charge is 0.491 e. The number of rotatable bonds is 7. The first-order valence-corrected chi connectivity index (χ1v) is 7.92. The SMILES string of the molecule is CC(C)C[C@@]1(C)NC(=O)N(C[C@@H](O)COc2ccc(F)cc2)C1=O. The number of β-amino-alcohol motifs (C(OH)–C–C–N with tert-alkyl or cyclic N) is 1. The summed E-state index contributed by atoms with van der Waals surface area (Å²) in [4.78, 5) is 25.5. The second-order valence-electron chi connectivity index (χ2n) is 6.69. The van der Waals surface area contributed by atoms with Gasteiger partial charge < -0.3 is 15.2 Å². The maximum absolute atomic E-state index is 12.8. The van der Waals surface area contributed by atoms with E-state index in [4.69, 9.17) is 4.74 Å². The zero-order chi connectivity index (χ0) is 17.9. The summed E-state index contributed by atoms with van der Waals surface area (Å²) in [6.07, 6.45) is -0.512. The van der Waals surface area contributed by atoms with Crippen molar-refractivity contribution in [1.82, 2.24) is 10.2 Å². The predicted molar refractivity (Wildman–Crippen MR) is 86.0 cm³/mol. The van der Waals surface area contributed by atoms with Gasteiger partial charge in [0.25, 0.3) is 5.91 Å². The fraction of sp³-hybridized carbons (Fsp3) is 0.529. The number of aliphatic hydroxyl groups is 1. The summed E-state index contributed by atoms with van der Waals surface area (Å²) in [5.74, 6) is -0.0862. The number of amides is 3. The quantitative estimate of drug-likeness (QED) is 0.745. The van der Waals surface area contributed by atoms with Crippen LogP contribution in [0.25, 0.3) is 0 Å². The molecule has 6 nitrogen and oxygen atoms in total. The summed E-state index contributed by atoms with van der Waals surface area (Å²) in [6.45, 7) is 5.37. The van der Waals surface area contributed by atoms with E-state index in [2.05, 4.69) is 5.32 Å². The number of ether oxygens (including phenoxy) is 1. The van der Waals surface area contributed by atoms with Gasteiger partial charge >= 0.3 is 6.03 Å². The van der Waals surface area contributed by atoms with Crippen molar-refractivity contribution in [2.75, 3.05) is 13.2 Å². The predicted octanol–water partition coefficient (Wildman–Crippen LogP) is 1.92. The minimum absolute atomic E-state index is 0.108. The van der Waals surface area contributed by atoms with Crippen molar-refractivity contribution in [3.05, 3.63) is 30.1 Å². The minimum Gasteiger partial charge on any atom is -0.491 e. The number of carbonyl (C=O) groups excluding carboxylic acids is 2. The van der Waals surface area contributed by atoms with Gasteiger partial charge in [-0.25, -0.2) is 9.18 Å². The lowest BCUT2D eigenvalue weighted by molar-refractivity contribution is -0.132. The summed E-state index contributed by atoms with van der Waals surface area (Å²) in [7, 11) is 0. The molecule has 2 N–H and O–H groups in total. The van der Waals surface area contributed by atoms with Crippen molar-refractivity contribution < 1.29 is 23.8 Å². The van der Waals surface area contributed by atoms with Crippen molar-refractivity contribution in [2.24, 2.45) is 5.92 Å². The van der Waals surface area contributed by atoms with Crippen molar-refractivity contribution >= 4 is 11.9 Å². The van der Waals surface area contributed by atoms with Crippen LogP contribution in [0.15, 0.2) is 24.3 Å². The van der Waals surface area contributed by atoms with Crippen LogP contribution >= 0.6 is 0 Å². The van der Waals surface area contributed by atoms with Gasteiger partial charge in [-0.1, -0.05) is 13.8 Å². The Hall–Kier alpha value is -2.15. The highest BCUT2D eigenvalue weighted by Crippen LogP contribution is 2.25. The second-order valence-corrected chi connectivity index (χ2v) is 6.69. The highest BCUT2D eigenvalue weighted by Gasteiger charge is 2.48. The van der Waals surface area contributed by atoms with Crippen LogP contribution in [-0.4, -0.2) is 46.7 Å². The summed E-state index contributed by atoms with van der Waals surface area (Å²) in [6, 6.07) is 4.86. The van der Waals surface area contributed by atoms with Crippen LogP contribution in [0.1, 0.15) is 27.2 Å². The van der Waals surface area contributed by atoms with E-state index in [9.17, 15) is 19.1 Å². The maximum Gasteiger partial charge on any atom is 0.325 e. The van der Waals surface area contributed by atoms with E-state index in [0.29, 0.717) is 12.2 Å². The maximum atomic E-state index is 12.8. The van der Waals surface area contributed by atoms with Crippen molar-refractivity contribution in [2.45, 2.75) is 38.8 Å². The van der Waals surface area contributed by atoms with Gasteiger partial charge in [-0.3, -0.25) is 9.69 Å². The van der Waals surface area contributed by atoms with Gasteiger partial charge in [0, 0.05) is 0 Å². The molecule has 0 unspecified atom stereocenters. The number of nitrogens with one attached hydrogen (secondary N) is 1. The standard InChI is InChI=1S/C17H23FN2O4/c1-11(2)8-17(3)15(22)20(16(23)19-17)9-13(21)10-24-14-6-4-12(18)5-7-14/h4-7,11,13,21H,8-10H2,1-3H3,(H,19,23)/t13-,17-/m1/s1. The first-order valence-electron chi connectivity index (χ1n) is 7.92. The first kappa shape index (κ1) is 18.2. The molecule has 1 aromatic carbocycles. The third kappa shape index (κ3) is 4.23. The monoisotopic (exact) mass is 338 g/mol. The van der Waals surface area contributed by atoms with Gasteiger partial charge in [0.15, 0.2) is 0 Å². The summed E-state index contributed by atoms with van der Waals surface area (Å²) < 4.78 is 18.1. The molecule has 0 radical (unpaired) electrons. The van der Waals surface area contributed by atoms with Crippen LogP contribution in [0.5, 0.6) is 5.75 Å². The van der Waals surface area contributed by atoms with Gasteiger partial charge in [-0.15, -0.1) is 0 Å². The number of nitrogens with zero attached hydrogens (tertiary/aromatic N) is 1.